The fraction of sp³-hybridized carbons (Fsp3) is 0.389. The van der Waals surface area contributed by atoms with Gasteiger partial charge in [-0.25, -0.2) is 0 Å². The zero-order valence-electron chi connectivity index (χ0n) is 12.7. The van der Waals surface area contributed by atoms with E-state index in [1.807, 2.05) is 31.2 Å². The van der Waals surface area contributed by atoms with Gasteiger partial charge in [0.1, 0.15) is 11.9 Å². The Hall–Kier alpha value is -2.03. The Morgan fingerprint density at radius 3 is 2.43 bits per heavy atom. The number of esters is 1. The third kappa shape index (κ3) is 7.35. The summed E-state index contributed by atoms with van der Waals surface area (Å²) < 4.78 is 10.8. The molecule has 1 aromatic carbocycles. The summed E-state index contributed by atoms with van der Waals surface area (Å²) >= 11 is 0. The molecule has 0 saturated heterocycles. The normalized spacial score (nSPS) is 10.2. The van der Waals surface area contributed by atoms with Crippen LogP contribution in [0.5, 0.6) is 5.75 Å². The molecule has 3 nitrogen and oxygen atoms in total. The lowest BCUT2D eigenvalue weighted by molar-refractivity contribution is -0.145. The minimum Gasteiger partial charge on any atom is -0.494 e. The first-order valence-electron chi connectivity index (χ1n) is 7.29. The molecule has 0 aliphatic rings. The van der Waals surface area contributed by atoms with E-state index in [1.54, 1.807) is 12.2 Å². The van der Waals surface area contributed by atoms with Crippen LogP contribution in [-0.4, -0.2) is 18.7 Å². The molecule has 0 aliphatic carbocycles. The van der Waals surface area contributed by atoms with Crippen molar-refractivity contribution in [2.45, 2.75) is 38.7 Å². The van der Waals surface area contributed by atoms with E-state index >= 15 is 0 Å². The van der Waals surface area contributed by atoms with Gasteiger partial charge in [0.15, 0.2) is 0 Å². The van der Waals surface area contributed by atoms with Gasteiger partial charge >= 0.3 is 5.97 Å². The predicted molar refractivity (Wildman–Crippen MR) is 85.4 cm³/mol. The highest BCUT2D eigenvalue weighted by Gasteiger charge is 2.07. The fourth-order valence-electron chi connectivity index (χ4n) is 1.78. The molecule has 21 heavy (non-hydrogen) atoms. The molecule has 0 aliphatic heterocycles. The third-order valence-electron chi connectivity index (χ3n) is 3.05. The number of carbonyl (C=O) groups excluding carboxylic acids is 1. The highest BCUT2D eigenvalue weighted by molar-refractivity contribution is 5.69. The molecule has 1 rings (SSSR count). The quantitative estimate of drug-likeness (QED) is 0.367. The Bertz CT molecular complexity index is 440. The summed E-state index contributed by atoms with van der Waals surface area (Å²) in [4.78, 5) is 11.5. The zero-order chi connectivity index (χ0) is 15.5. The van der Waals surface area contributed by atoms with Crippen LogP contribution in [0, 0.1) is 6.92 Å². The van der Waals surface area contributed by atoms with Crippen molar-refractivity contribution in [2.75, 3.05) is 6.61 Å². The van der Waals surface area contributed by atoms with Crippen molar-refractivity contribution in [3.8, 4) is 5.75 Å². The van der Waals surface area contributed by atoms with Crippen LogP contribution in [0.2, 0.25) is 0 Å². The summed E-state index contributed by atoms with van der Waals surface area (Å²) in [5.41, 5.74) is 1.22. The van der Waals surface area contributed by atoms with Crippen LogP contribution in [0.3, 0.4) is 0 Å². The maximum absolute atomic E-state index is 11.5. The third-order valence-corrected chi connectivity index (χ3v) is 3.05. The molecule has 0 atom stereocenters. The van der Waals surface area contributed by atoms with E-state index in [9.17, 15) is 4.79 Å². The van der Waals surface area contributed by atoms with Crippen molar-refractivity contribution in [1.29, 1.82) is 0 Å². The van der Waals surface area contributed by atoms with Gasteiger partial charge in [0.05, 0.1) is 6.61 Å². The van der Waals surface area contributed by atoms with Gasteiger partial charge in [-0.1, -0.05) is 30.9 Å². The molecular formula is C18H24O3. The molecule has 0 heterocycles. The lowest BCUT2D eigenvalue weighted by atomic mass is 10.2. The van der Waals surface area contributed by atoms with E-state index in [2.05, 4.69) is 13.2 Å². The van der Waals surface area contributed by atoms with E-state index in [1.165, 1.54) is 5.56 Å². The van der Waals surface area contributed by atoms with Crippen molar-refractivity contribution in [3.05, 3.63) is 55.1 Å². The minimum atomic E-state index is -0.387. The van der Waals surface area contributed by atoms with Crippen LogP contribution in [0.25, 0.3) is 0 Å². The van der Waals surface area contributed by atoms with Gasteiger partial charge in [-0.15, -0.1) is 0 Å². The number of ether oxygens (including phenoxy) is 2. The molecule has 0 spiro atoms. The van der Waals surface area contributed by atoms with Crippen molar-refractivity contribution in [1.82, 2.24) is 0 Å². The number of hydrogen-bond donors (Lipinski definition) is 0. The summed E-state index contributed by atoms with van der Waals surface area (Å²) in [5.74, 6) is 0.680. The number of aryl methyl sites for hydroxylation is 1. The molecule has 0 fully saturated rings. The Kier molecular flexibility index (Phi) is 7.95. The smallest absolute Gasteiger partial charge is 0.306 e. The van der Waals surface area contributed by atoms with E-state index in [0.717, 1.165) is 25.0 Å². The molecular weight excluding hydrogens is 264 g/mol. The molecule has 0 radical (unpaired) electrons. The lowest BCUT2D eigenvalue weighted by Gasteiger charge is -2.09. The maximum Gasteiger partial charge on any atom is 0.306 e. The number of benzene rings is 1. The summed E-state index contributed by atoms with van der Waals surface area (Å²) in [5, 5.41) is 0. The van der Waals surface area contributed by atoms with Gasteiger partial charge in [0.25, 0.3) is 0 Å². The van der Waals surface area contributed by atoms with Crippen LogP contribution < -0.4 is 4.74 Å². The highest BCUT2D eigenvalue weighted by atomic mass is 16.5. The number of rotatable bonds is 10. The Balaban J connectivity index is 2.06. The molecule has 0 unspecified atom stereocenters. The summed E-state index contributed by atoms with van der Waals surface area (Å²) in [6, 6.07) is 8.00. The van der Waals surface area contributed by atoms with Gasteiger partial charge < -0.3 is 9.47 Å². The fourth-order valence-corrected chi connectivity index (χ4v) is 1.78. The first kappa shape index (κ1) is 17.0. The summed E-state index contributed by atoms with van der Waals surface area (Å²) in [6.07, 6.45) is 5.81. The molecule has 114 valence electrons. The van der Waals surface area contributed by atoms with Crippen LogP contribution in [-0.2, 0) is 9.53 Å². The van der Waals surface area contributed by atoms with E-state index in [-0.39, 0.29) is 12.1 Å². The largest absolute Gasteiger partial charge is 0.494 e. The van der Waals surface area contributed by atoms with Gasteiger partial charge in [-0.2, -0.15) is 0 Å². The van der Waals surface area contributed by atoms with Crippen LogP contribution in [0.15, 0.2) is 49.6 Å². The van der Waals surface area contributed by atoms with Gasteiger partial charge in [0, 0.05) is 6.42 Å². The number of carbonyl (C=O) groups is 1. The van der Waals surface area contributed by atoms with Crippen molar-refractivity contribution in [2.24, 2.45) is 0 Å². The van der Waals surface area contributed by atoms with Crippen LogP contribution in [0.1, 0.15) is 31.2 Å². The second kappa shape index (κ2) is 9.81. The Labute approximate surface area is 127 Å². The average Bonchev–Trinajstić information content (AvgIpc) is 2.50. The maximum atomic E-state index is 11.5. The second-order valence-electron chi connectivity index (χ2n) is 4.90. The molecule has 0 saturated carbocycles. The standard InChI is InChI=1S/C18H24O3/c1-4-16(5-2)21-18(19)9-7-6-8-14-20-17-12-10-15(3)11-13-17/h4-5,10-13,16H,1-2,6-9,14H2,3H3. The van der Waals surface area contributed by atoms with Gasteiger partial charge in [0.2, 0.25) is 0 Å². The lowest BCUT2D eigenvalue weighted by Crippen LogP contribution is -2.13. The Morgan fingerprint density at radius 2 is 1.81 bits per heavy atom. The van der Waals surface area contributed by atoms with Crippen molar-refractivity contribution >= 4 is 5.97 Å². The van der Waals surface area contributed by atoms with Crippen molar-refractivity contribution in [3.63, 3.8) is 0 Å². The highest BCUT2D eigenvalue weighted by Crippen LogP contribution is 2.12. The molecule has 3 heteroatoms. The number of hydrogen-bond acceptors (Lipinski definition) is 3. The monoisotopic (exact) mass is 288 g/mol. The van der Waals surface area contributed by atoms with E-state index in [4.69, 9.17) is 9.47 Å². The predicted octanol–water partition coefficient (Wildman–Crippen LogP) is 4.22. The molecule has 0 bridgehead atoms. The summed E-state index contributed by atoms with van der Waals surface area (Å²) in [7, 11) is 0. The van der Waals surface area contributed by atoms with Gasteiger partial charge in [-0.05, 0) is 50.5 Å². The SMILES string of the molecule is C=CC(C=C)OC(=O)CCCCCOc1ccc(C)cc1. The number of unbranched alkanes of at least 4 members (excludes halogenated alkanes) is 2. The van der Waals surface area contributed by atoms with Crippen molar-refractivity contribution < 1.29 is 14.3 Å². The van der Waals surface area contributed by atoms with E-state index < -0.39 is 0 Å². The minimum absolute atomic E-state index is 0.209. The second-order valence-corrected chi connectivity index (χ2v) is 4.90. The summed E-state index contributed by atoms with van der Waals surface area (Å²) in [6.45, 7) is 9.86. The van der Waals surface area contributed by atoms with Gasteiger partial charge in [-0.3, -0.25) is 4.79 Å². The van der Waals surface area contributed by atoms with E-state index in [0.29, 0.717) is 13.0 Å². The first-order valence-corrected chi connectivity index (χ1v) is 7.29. The molecule has 1 aromatic rings. The average molecular weight is 288 g/mol. The molecule has 0 amide bonds. The molecule has 0 aromatic heterocycles. The topological polar surface area (TPSA) is 35.5 Å². The first-order chi connectivity index (χ1) is 10.2. The van der Waals surface area contributed by atoms with Crippen LogP contribution >= 0.6 is 0 Å². The van der Waals surface area contributed by atoms with Crippen LogP contribution in [0.4, 0.5) is 0 Å². The molecule has 0 N–H and O–H groups in total. The zero-order valence-corrected chi connectivity index (χ0v) is 12.7. The Morgan fingerprint density at radius 1 is 1.14 bits per heavy atom.